The van der Waals surface area contributed by atoms with Gasteiger partial charge in [0.15, 0.2) is 0 Å². The van der Waals surface area contributed by atoms with Crippen molar-refractivity contribution in [2.45, 2.75) is 13.0 Å². The van der Waals surface area contributed by atoms with Gasteiger partial charge >= 0.3 is 5.82 Å². The van der Waals surface area contributed by atoms with E-state index >= 15 is 0 Å². The molecule has 1 heterocycles. The van der Waals surface area contributed by atoms with Gasteiger partial charge in [0.2, 0.25) is 12.2 Å². The minimum absolute atomic E-state index is 0.00844. The minimum atomic E-state index is -0.796. The lowest BCUT2D eigenvalue weighted by Crippen LogP contribution is -2.14. The second kappa shape index (κ2) is 6.07. The van der Waals surface area contributed by atoms with Crippen molar-refractivity contribution in [1.82, 2.24) is 9.55 Å². The van der Waals surface area contributed by atoms with Crippen molar-refractivity contribution in [2.75, 3.05) is 5.32 Å². The summed E-state index contributed by atoms with van der Waals surface area (Å²) in [6, 6.07) is 2.67. The van der Waals surface area contributed by atoms with Crippen molar-refractivity contribution in [3.63, 3.8) is 0 Å². The third-order valence-corrected chi connectivity index (χ3v) is 2.55. The molecule has 0 bridgehead atoms. The summed E-state index contributed by atoms with van der Waals surface area (Å²) in [6.07, 6.45) is 2.40. The first kappa shape index (κ1) is 14.6. The van der Waals surface area contributed by atoms with Gasteiger partial charge in [-0.1, -0.05) is 0 Å². The summed E-state index contributed by atoms with van der Waals surface area (Å²) in [5.41, 5.74) is 0.00844. The fourth-order valence-corrected chi connectivity index (χ4v) is 1.64. The summed E-state index contributed by atoms with van der Waals surface area (Å²) in [6.45, 7) is 0.157. The van der Waals surface area contributed by atoms with Gasteiger partial charge in [-0.15, -0.1) is 0 Å². The molecule has 2 aromatic rings. The molecular weight excluding hydrogens is 286 g/mol. The number of nitrogens with one attached hydrogen (secondary N) is 1. The Labute approximate surface area is 117 Å². The molecule has 1 aromatic heterocycles. The molecule has 0 radical (unpaired) electrons. The first-order valence-electron chi connectivity index (χ1n) is 5.86. The first-order chi connectivity index (χ1) is 9.94. The van der Waals surface area contributed by atoms with Crippen LogP contribution in [0.25, 0.3) is 0 Å². The van der Waals surface area contributed by atoms with Gasteiger partial charge in [0.05, 0.1) is 0 Å². The SMILES string of the molecule is O=C(CCn1cnc([N+](=O)[O-])c1)Nc1cc(F)cc(F)c1. The summed E-state index contributed by atoms with van der Waals surface area (Å²) >= 11 is 0. The average molecular weight is 296 g/mol. The van der Waals surface area contributed by atoms with E-state index in [0.717, 1.165) is 12.1 Å². The summed E-state index contributed by atoms with van der Waals surface area (Å²) < 4.78 is 27.3. The average Bonchev–Trinajstić information content (AvgIpc) is 2.84. The molecule has 2 rings (SSSR count). The van der Waals surface area contributed by atoms with E-state index in [4.69, 9.17) is 0 Å². The van der Waals surface area contributed by atoms with E-state index in [1.54, 1.807) is 0 Å². The van der Waals surface area contributed by atoms with E-state index < -0.39 is 22.5 Å². The van der Waals surface area contributed by atoms with E-state index in [1.807, 2.05) is 0 Å². The first-order valence-corrected chi connectivity index (χ1v) is 5.86. The predicted molar refractivity (Wildman–Crippen MR) is 68.5 cm³/mol. The number of benzene rings is 1. The number of hydrogen-bond donors (Lipinski definition) is 1. The van der Waals surface area contributed by atoms with Crippen LogP contribution in [0.4, 0.5) is 20.3 Å². The van der Waals surface area contributed by atoms with Crippen molar-refractivity contribution < 1.29 is 18.5 Å². The number of rotatable bonds is 5. The Morgan fingerprint density at radius 1 is 1.33 bits per heavy atom. The third-order valence-electron chi connectivity index (χ3n) is 2.55. The topological polar surface area (TPSA) is 90.1 Å². The number of carbonyl (C=O) groups is 1. The van der Waals surface area contributed by atoms with Gasteiger partial charge < -0.3 is 20.0 Å². The molecule has 21 heavy (non-hydrogen) atoms. The molecule has 0 fully saturated rings. The van der Waals surface area contributed by atoms with Crippen LogP contribution in [-0.4, -0.2) is 20.4 Å². The Morgan fingerprint density at radius 2 is 2.00 bits per heavy atom. The number of anilines is 1. The van der Waals surface area contributed by atoms with Crippen LogP contribution >= 0.6 is 0 Å². The lowest BCUT2D eigenvalue weighted by molar-refractivity contribution is -0.389. The normalized spacial score (nSPS) is 10.4. The van der Waals surface area contributed by atoms with Crippen molar-refractivity contribution in [2.24, 2.45) is 0 Å². The lowest BCUT2D eigenvalue weighted by atomic mass is 10.3. The maximum atomic E-state index is 12.9. The van der Waals surface area contributed by atoms with E-state index in [2.05, 4.69) is 10.3 Å². The number of hydrogen-bond acceptors (Lipinski definition) is 4. The van der Waals surface area contributed by atoms with Gasteiger partial charge in [0.25, 0.3) is 0 Å². The number of nitrogens with zero attached hydrogens (tertiary/aromatic N) is 3. The fraction of sp³-hybridized carbons (Fsp3) is 0.167. The molecule has 9 heteroatoms. The second-order valence-electron chi connectivity index (χ2n) is 4.18. The fourth-order valence-electron chi connectivity index (χ4n) is 1.64. The van der Waals surface area contributed by atoms with Gasteiger partial charge in [-0.2, -0.15) is 0 Å². The number of amides is 1. The van der Waals surface area contributed by atoms with Crippen LogP contribution in [0.3, 0.4) is 0 Å². The highest BCUT2D eigenvalue weighted by atomic mass is 19.1. The molecule has 110 valence electrons. The summed E-state index contributed by atoms with van der Waals surface area (Å²) in [4.78, 5) is 24.9. The Kier molecular flexibility index (Phi) is 4.21. The number of aromatic nitrogens is 2. The van der Waals surface area contributed by atoms with Gasteiger partial charge in [-0.25, -0.2) is 8.78 Å². The quantitative estimate of drug-likeness (QED) is 0.675. The number of imidazole rings is 1. The zero-order valence-corrected chi connectivity index (χ0v) is 10.6. The van der Waals surface area contributed by atoms with Gasteiger partial charge in [0.1, 0.15) is 17.8 Å². The highest BCUT2D eigenvalue weighted by molar-refractivity contribution is 5.90. The number of aryl methyl sites for hydroxylation is 1. The Morgan fingerprint density at radius 3 is 2.57 bits per heavy atom. The van der Waals surface area contributed by atoms with Crippen LogP contribution in [0.1, 0.15) is 6.42 Å². The zero-order valence-electron chi connectivity index (χ0n) is 10.6. The molecule has 1 aromatic carbocycles. The molecule has 1 N–H and O–H groups in total. The van der Waals surface area contributed by atoms with E-state index in [-0.39, 0.29) is 24.5 Å². The van der Waals surface area contributed by atoms with Gasteiger partial charge in [0, 0.05) is 24.7 Å². The zero-order chi connectivity index (χ0) is 15.4. The number of halogens is 2. The van der Waals surface area contributed by atoms with Gasteiger partial charge in [-0.05, 0) is 22.0 Å². The van der Waals surface area contributed by atoms with Crippen LogP contribution in [0.2, 0.25) is 0 Å². The molecular formula is C12H10F2N4O3. The molecule has 0 spiro atoms. The van der Waals surface area contributed by atoms with E-state index in [1.165, 1.54) is 17.1 Å². The summed E-state index contributed by atoms with van der Waals surface area (Å²) in [5, 5.41) is 12.8. The van der Waals surface area contributed by atoms with E-state index in [0.29, 0.717) is 6.07 Å². The number of nitro groups is 1. The van der Waals surface area contributed by atoms with Gasteiger partial charge in [-0.3, -0.25) is 4.79 Å². The number of carbonyl (C=O) groups excluding carboxylic acids is 1. The molecule has 7 nitrogen and oxygen atoms in total. The van der Waals surface area contributed by atoms with Crippen molar-refractivity contribution in [1.29, 1.82) is 0 Å². The van der Waals surface area contributed by atoms with Crippen LogP contribution in [0.5, 0.6) is 0 Å². The Hall–Kier alpha value is -2.84. The lowest BCUT2D eigenvalue weighted by Gasteiger charge is -2.05. The molecule has 1 amide bonds. The molecule has 0 aliphatic carbocycles. The summed E-state index contributed by atoms with van der Waals surface area (Å²) in [5.74, 6) is -2.38. The standard InChI is InChI=1S/C12H10F2N4O3/c13-8-3-9(14)5-10(4-8)16-12(19)1-2-17-6-11(15-7-17)18(20)21/h3-7H,1-2H2,(H,16,19). The monoisotopic (exact) mass is 296 g/mol. The molecule has 0 atom stereocenters. The highest BCUT2D eigenvalue weighted by Gasteiger charge is 2.11. The smallest absolute Gasteiger partial charge is 0.358 e. The molecule has 0 aliphatic rings. The Balaban J connectivity index is 1.90. The molecule has 0 aliphatic heterocycles. The van der Waals surface area contributed by atoms with Crippen LogP contribution < -0.4 is 5.32 Å². The third kappa shape index (κ3) is 4.06. The van der Waals surface area contributed by atoms with Crippen molar-refractivity contribution in [3.05, 3.63) is 52.5 Å². The molecule has 0 unspecified atom stereocenters. The van der Waals surface area contributed by atoms with Crippen LogP contribution in [0.15, 0.2) is 30.7 Å². The van der Waals surface area contributed by atoms with Crippen molar-refractivity contribution in [3.8, 4) is 0 Å². The second-order valence-corrected chi connectivity index (χ2v) is 4.18. The van der Waals surface area contributed by atoms with Crippen LogP contribution in [-0.2, 0) is 11.3 Å². The predicted octanol–water partition coefficient (Wildman–Crippen LogP) is 2.10. The molecule has 0 saturated carbocycles. The minimum Gasteiger partial charge on any atom is -0.358 e. The largest absolute Gasteiger partial charge is 0.381 e. The Bertz CT molecular complexity index is 667. The maximum absolute atomic E-state index is 12.9. The summed E-state index contributed by atoms with van der Waals surface area (Å²) in [7, 11) is 0. The van der Waals surface area contributed by atoms with E-state index in [9.17, 15) is 23.7 Å². The molecule has 0 saturated heterocycles. The van der Waals surface area contributed by atoms with Crippen molar-refractivity contribution >= 4 is 17.4 Å². The highest BCUT2D eigenvalue weighted by Crippen LogP contribution is 2.13. The maximum Gasteiger partial charge on any atom is 0.381 e. The van der Waals surface area contributed by atoms with Crippen LogP contribution in [0, 0.1) is 21.7 Å².